The van der Waals surface area contributed by atoms with Crippen LogP contribution in [0.4, 0.5) is 5.00 Å². The Morgan fingerprint density at radius 1 is 1.19 bits per heavy atom. The van der Waals surface area contributed by atoms with Crippen molar-refractivity contribution in [3.63, 3.8) is 0 Å². The fourth-order valence-corrected chi connectivity index (χ4v) is 5.26. The average molecular weight is 467 g/mol. The van der Waals surface area contributed by atoms with Crippen LogP contribution in [-0.2, 0) is 19.4 Å². The first-order chi connectivity index (χ1) is 15.5. The number of carbonyl (C=O) groups is 1. The lowest BCUT2D eigenvalue weighted by atomic mass is 9.95. The van der Waals surface area contributed by atoms with Gasteiger partial charge in [-0.2, -0.15) is 0 Å². The van der Waals surface area contributed by atoms with Crippen LogP contribution in [0.1, 0.15) is 58.6 Å². The van der Waals surface area contributed by atoms with E-state index in [1.165, 1.54) is 4.88 Å². The Labute approximate surface area is 198 Å². The summed E-state index contributed by atoms with van der Waals surface area (Å²) in [6, 6.07) is 15.5. The number of aliphatic imine (C=N–C) groups is 1. The van der Waals surface area contributed by atoms with Gasteiger partial charge < -0.3 is 10.1 Å². The van der Waals surface area contributed by atoms with E-state index in [1.807, 2.05) is 62.4 Å². The highest BCUT2D eigenvalue weighted by atomic mass is 35.5. The first kappa shape index (κ1) is 22.6. The Hall–Kier alpha value is -2.63. The summed E-state index contributed by atoms with van der Waals surface area (Å²) in [6.45, 7) is 4.46. The van der Waals surface area contributed by atoms with Crippen molar-refractivity contribution in [1.82, 2.24) is 5.32 Å². The molecule has 0 unspecified atom stereocenters. The number of fused-ring (bicyclic) bond motifs is 1. The van der Waals surface area contributed by atoms with Gasteiger partial charge in [0.2, 0.25) is 0 Å². The second-order valence-corrected chi connectivity index (χ2v) is 9.69. The molecule has 2 aromatic carbocycles. The minimum Gasteiger partial charge on any atom is -0.490 e. The molecule has 4 rings (SSSR count). The molecule has 1 aliphatic rings. The van der Waals surface area contributed by atoms with Gasteiger partial charge in [0, 0.05) is 28.2 Å². The standard InChI is InChI=1S/C26H27ClN2O2S/c1-17(2)31-22-13-12-20(27)14-19(22)16-29-26-24(21-10-6-7-11-23(21)32-26)25(30)28-15-18-8-4-3-5-9-18/h3-5,8-9,12-14,16-17H,6-7,10-11,15H2,1-2H3,(H,28,30). The second-order valence-electron chi connectivity index (χ2n) is 8.17. The number of rotatable bonds is 7. The van der Waals surface area contributed by atoms with Gasteiger partial charge in [0.15, 0.2) is 0 Å². The van der Waals surface area contributed by atoms with E-state index in [1.54, 1.807) is 17.6 Å². The van der Waals surface area contributed by atoms with Crippen LogP contribution in [0.3, 0.4) is 0 Å². The third-order valence-electron chi connectivity index (χ3n) is 5.33. The smallest absolute Gasteiger partial charge is 0.254 e. The van der Waals surface area contributed by atoms with Crippen LogP contribution >= 0.6 is 22.9 Å². The summed E-state index contributed by atoms with van der Waals surface area (Å²) in [6.07, 6.45) is 5.99. The molecule has 0 saturated heterocycles. The molecule has 1 amide bonds. The number of hydrogen-bond acceptors (Lipinski definition) is 4. The van der Waals surface area contributed by atoms with E-state index >= 15 is 0 Å². The van der Waals surface area contributed by atoms with Gasteiger partial charge in [-0.1, -0.05) is 41.9 Å². The van der Waals surface area contributed by atoms with Crippen LogP contribution < -0.4 is 10.1 Å². The average Bonchev–Trinajstić information content (AvgIpc) is 3.16. The monoisotopic (exact) mass is 466 g/mol. The summed E-state index contributed by atoms with van der Waals surface area (Å²) in [5.41, 5.74) is 3.74. The number of amides is 1. The Bertz CT molecular complexity index is 1120. The van der Waals surface area contributed by atoms with Crippen LogP contribution in [0.2, 0.25) is 5.02 Å². The first-order valence-electron chi connectivity index (χ1n) is 11.0. The van der Waals surface area contributed by atoms with E-state index in [9.17, 15) is 4.79 Å². The molecule has 3 aromatic rings. The van der Waals surface area contributed by atoms with Crippen LogP contribution in [0.5, 0.6) is 5.75 Å². The number of carbonyl (C=O) groups excluding carboxylic acids is 1. The zero-order valence-corrected chi connectivity index (χ0v) is 19.9. The van der Waals surface area contributed by atoms with E-state index in [2.05, 4.69) is 5.32 Å². The highest BCUT2D eigenvalue weighted by molar-refractivity contribution is 7.16. The molecule has 0 radical (unpaired) electrons. The summed E-state index contributed by atoms with van der Waals surface area (Å²) < 4.78 is 5.91. The summed E-state index contributed by atoms with van der Waals surface area (Å²) in [4.78, 5) is 19.3. The lowest BCUT2D eigenvalue weighted by Gasteiger charge is -2.13. The predicted octanol–water partition coefficient (Wildman–Crippen LogP) is 6.75. The van der Waals surface area contributed by atoms with Crippen LogP contribution in [0.15, 0.2) is 53.5 Å². The van der Waals surface area contributed by atoms with Gasteiger partial charge in [-0.3, -0.25) is 4.79 Å². The van der Waals surface area contributed by atoms with Gasteiger partial charge in [-0.05, 0) is 68.9 Å². The number of nitrogens with one attached hydrogen (secondary N) is 1. The van der Waals surface area contributed by atoms with Crippen molar-refractivity contribution in [2.45, 2.75) is 52.2 Å². The van der Waals surface area contributed by atoms with Gasteiger partial charge in [0.1, 0.15) is 10.8 Å². The maximum Gasteiger partial charge on any atom is 0.254 e. The molecule has 1 aliphatic carbocycles. The zero-order chi connectivity index (χ0) is 22.5. The van der Waals surface area contributed by atoms with Crippen molar-refractivity contribution in [3.8, 4) is 5.75 Å². The lowest BCUT2D eigenvalue weighted by Crippen LogP contribution is -2.24. The summed E-state index contributed by atoms with van der Waals surface area (Å²) in [5, 5.41) is 4.45. The Balaban J connectivity index is 1.64. The summed E-state index contributed by atoms with van der Waals surface area (Å²) >= 11 is 7.84. The van der Waals surface area contributed by atoms with E-state index in [0.717, 1.165) is 53.1 Å². The molecule has 1 N–H and O–H groups in total. The molecule has 0 spiro atoms. The van der Waals surface area contributed by atoms with Crippen molar-refractivity contribution < 1.29 is 9.53 Å². The van der Waals surface area contributed by atoms with Crippen molar-refractivity contribution in [2.24, 2.45) is 4.99 Å². The number of halogens is 1. The fourth-order valence-electron chi connectivity index (χ4n) is 3.85. The van der Waals surface area contributed by atoms with Gasteiger partial charge in [-0.15, -0.1) is 11.3 Å². The SMILES string of the molecule is CC(C)Oc1ccc(Cl)cc1C=Nc1sc2c(c1C(=O)NCc1ccccc1)CCCC2. The van der Waals surface area contributed by atoms with Crippen molar-refractivity contribution in [1.29, 1.82) is 0 Å². The number of benzene rings is 2. The van der Waals surface area contributed by atoms with Gasteiger partial charge in [-0.25, -0.2) is 4.99 Å². The molecule has 1 heterocycles. The first-order valence-corrected chi connectivity index (χ1v) is 12.2. The minimum atomic E-state index is -0.0647. The Morgan fingerprint density at radius 2 is 1.97 bits per heavy atom. The van der Waals surface area contributed by atoms with Crippen LogP contribution in [-0.4, -0.2) is 18.2 Å². The fraction of sp³-hybridized carbons (Fsp3) is 0.308. The molecule has 0 fully saturated rings. The highest BCUT2D eigenvalue weighted by Crippen LogP contribution is 2.40. The van der Waals surface area contributed by atoms with Gasteiger partial charge >= 0.3 is 0 Å². The van der Waals surface area contributed by atoms with E-state index in [4.69, 9.17) is 21.3 Å². The van der Waals surface area contributed by atoms with Crippen molar-refractivity contribution in [2.75, 3.05) is 0 Å². The molecule has 166 valence electrons. The molecule has 0 saturated carbocycles. The third-order valence-corrected chi connectivity index (χ3v) is 6.77. The molecule has 4 nitrogen and oxygen atoms in total. The predicted molar refractivity (Wildman–Crippen MR) is 133 cm³/mol. The van der Waals surface area contributed by atoms with Crippen LogP contribution in [0.25, 0.3) is 0 Å². The second kappa shape index (κ2) is 10.3. The highest BCUT2D eigenvalue weighted by Gasteiger charge is 2.25. The van der Waals surface area contributed by atoms with Crippen molar-refractivity contribution in [3.05, 3.63) is 80.7 Å². The summed E-state index contributed by atoms with van der Waals surface area (Å²) in [7, 11) is 0. The normalized spacial score (nSPS) is 13.4. The van der Waals surface area contributed by atoms with E-state index in [-0.39, 0.29) is 12.0 Å². The topological polar surface area (TPSA) is 50.7 Å². The Morgan fingerprint density at radius 3 is 2.75 bits per heavy atom. The van der Waals surface area contributed by atoms with Gasteiger partial charge in [0.25, 0.3) is 5.91 Å². The number of ether oxygens (including phenoxy) is 1. The number of thiophene rings is 1. The third kappa shape index (κ3) is 5.40. The molecule has 1 aromatic heterocycles. The molecule has 0 atom stereocenters. The van der Waals surface area contributed by atoms with E-state index in [0.29, 0.717) is 17.1 Å². The van der Waals surface area contributed by atoms with Crippen LogP contribution in [0, 0.1) is 0 Å². The number of hydrogen-bond donors (Lipinski definition) is 1. The van der Waals surface area contributed by atoms with E-state index < -0.39 is 0 Å². The number of nitrogens with zero attached hydrogens (tertiary/aromatic N) is 1. The Kier molecular flexibility index (Phi) is 7.28. The van der Waals surface area contributed by atoms with Crippen molar-refractivity contribution >= 4 is 40.1 Å². The molecule has 6 heteroatoms. The van der Waals surface area contributed by atoms with Gasteiger partial charge in [0.05, 0.1) is 11.7 Å². The largest absolute Gasteiger partial charge is 0.490 e. The number of aryl methyl sites for hydroxylation is 1. The zero-order valence-electron chi connectivity index (χ0n) is 18.4. The maximum absolute atomic E-state index is 13.2. The molecule has 32 heavy (non-hydrogen) atoms. The molecular weight excluding hydrogens is 440 g/mol. The lowest BCUT2D eigenvalue weighted by molar-refractivity contribution is 0.0951. The minimum absolute atomic E-state index is 0.0386. The summed E-state index contributed by atoms with van der Waals surface area (Å²) in [5.74, 6) is 0.662. The maximum atomic E-state index is 13.2. The quantitative estimate of drug-likeness (QED) is 0.391. The molecule has 0 aliphatic heterocycles. The molecular formula is C26H27ClN2O2S. The molecule has 0 bridgehead atoms.